The lowest BCUT2D eigenvalue weighted by Gasteiger charge is -2.04. The number of thioether (sulfide) groups is 2. The van der Waals surface area contributed by atoms with Crippen LogP contribution in [0, 0.1) is 0 Å². The Balaban J connectivity index is 1.34. The third-order valence-corrected chi connectivity index (χ3v) is 7.60. The second-order valence-corrected chi connectivity index (χ2v) is 9.62. The molecule has 0 radical (unpaired) electrons. The van der Waals surface area contributed by atoms with Crippen LogP contribution >= 0.6 is 34.9 Å². The van der Waals surface area contributed by atoms with Gasteiger partial charge < -0.3 is 4.74 Å². The van der Waals surface area contributed by atoms with Gasteiger partial charge >= 0.3 is 0 Å². The number of carbonyl (C=O) groups is 1. The summed E-state index contributed by atoms with van der Waals surface area (Å²) in [6.07, 6.45) is 0. The van der Waals surface area contributed by atoms with Crippen molar-refractivity contribution in [1.82, 2.24) is 10.2 Å². The van der Waals surface area contributed by atoms with Gasteiger partial charge in [0.05, 0.1) is 12.9 Å². The molecule has 7 heteroatoms. The van der Waals surface area contributed by atoms with Gasteiger partial charge in [-0.25, -0.2) is 0 Å². The minimum Gasteiger partial charge on any atom is -0.497 e. The summed E-state index contributed by atoms with van der Waals surface area (Å²) in [5.74, 6) is 1.99. The van der Waals surface area contributed by atoms with Crippen molar-refractivity contribution in [1.29, 1.82) is 0 Å². The first-order valence-electron chi connectivity index (χ1n) is 8.96. The summed E-state index contributed by atoms with van der Waals surface area (Å²) in [6.45, 7) is 0. The average Bonchev–Trinajstić information content (AvgIpc) is 3.24. The van der Waals surface area contributed by atoms with E-state index < -0.39 is 0 Å². The summed E-state index contributed by atoms with van der Waals surface area (Å²) in [4.78, 5) is 12.3. The fourth-order valence-electron chi connectivity index (χ4n) is 2.86. The largest absolute Gasteiger partial charge is 0.497 e. The second kappa shape index (κ2) is 9.43. The van der Waals surface area contributed by atoms with Crippen molar-refractivity contribution in [2.75, 3.05) is 12.9 Å². The molecule has 3 aromatic carbocycles. The highest BCUT2D eigenvalue weighted by atomic mass is 32.2. The molecule has 0 N–H and O–H groups in total. The van der Waals surface area contributed by atoms with E-state index in [2.05, 4.69) is 52.7 Å². The number of ketones is 1. The second-order valence-electron chi connectivity index (χ2n) is 6.20. The van der Waals surface area contributed by atoms with Gasteiger partial charge in [0.15, 0.2) is 14.5 Å². The highest BCUT2D eigenvalue weighted by Crippen LogP contribution is 2.32. The molecule has 4 rings (SSSR count). The highest BCUT2D eigenvalue weighted by molar-refractivity contribution is 8.03. The van der Waals surface area contributed by atoms with Crippen LogP contribution in [0.3, 0.4) is 0 Å². The molecule has 4 nitrogen and oxygen atoms in total. The van der Waals surface area contributed by atoms with Crippen molar-refractivity contribution in [2.24, 2.45) is 0 Å². The van der Waals surface area contributed by atoms with E-state index in [-0.39, 0.29) is 5.78 Å². The Morgan fingerprint density at radius 3 is 2.45 bits per heavy atom. The molecule has 29 heavy (non-hydrogen) atoms. The Hall–Kier alpha value is -2.35. The zero-order valence-corrected chi connectivity index (χ0v) is 18.2. The SMILES string of the molecule is COc1ccc(C(=O)CSc2nnc(SCc3cccc4ccccc34)s2)cc1. The molecule has 0 saturated heterocycles. The number of Topliss-reactive ketones (excluding diaryl/α,β-unsaturated/α-hetero) is 1. The van der Waals surface area contributed by atoms with Gasteiger partial charge in [-0.05, 0) is 40.6 Å². The summed E-state index contributed by atoms with van der Waals surface area (Å²) >= 11 is 4.64. The van der Waals surface area contributed by atoms with Crippen LogP contribution < -0.4 is 4.74 Å². The van der Waals surface area contributed by atoms with Crippen LogP contribution in [-0.4, -0.2) is 28.8 Å². The molecular weight excluding hydrogens is 420 g/mol. The molecule has 4 aromatic rings. The van der Waals surface area contributed by atoms with Crippen molar-refractivity contribution in [3.8, 4) is 5.75 Å². The Kier molecular flexibility index (Phi) is 6.49. The van der Waals surface area contributed by atoms with E-state index in [1.807, 2.05) is 0 Å². The Morgan fingerprint density at radius 1 is 0.931 bits per heavy atom. The Morgan fingerprint density at radius 2 is 1.66 bits per heavy atom. The van der Waals surface area contributed by atoms with Gasteiger partial charge in [-0.15, -0.1) is 10.2 Å². The lowest BCUT2D eigenvalue weighted by atomic mass is 10.1. The number of aromatic nitrogens is 2. The first-order valence-corrected chi connectivity index (χ1v) is 11.7. The fourth-order valence-corrected chi connectivity index (χ4v) is 5.78. The number of fused-ring (bicyclic) bond motifs is 1. The standard InChI is InChI=1S/C22H18N2O2S3/c1-26-18-11-9-16(10-12-18)20(25)14-28-22-24-23-21(29-22)27-13-17-7-4-6-15-5-2-3-8-19(15)17/h2-12H,13-14H2,1H3. The molecular formula is C22H18N2O2S3. The lowest BCUT2D eigenvalue weighted by molar-refractivity contribution is 0.102. The van der Waals surface area contributed by atoms with Gasteiger partial charge in [-0.2, -0.15) is 0 Å². The van der Waals surface area contributed by atoms with Gasteiger partial charge in [0, 0.05) is 11.3 Å². The molecule has 0 bridgehead atoms. The topological polar surface area (TPSA) is 52.1 Å². The molecule has 0 spiro atoms. The van der Waals surface area contributed by atoms with Gasteiger partial charge in [0.25, 0.3) is 0 Å². The monoisotopic (exact) mass is 438 g/mol. The van der Waals surface area contributed by atoms with E-state index in [9.17, 15) is 4.79 Å². The normalized spacial score (nSPS) is 10.9. The summed E-state index contributed by atoms with van der Waals surface area (Å²) in [6, 6.07) is 21.9. The fraction of sp³-hybridized carbons (Fsp3) is 0.136. The predicted molar refractivity (Wildman–Crippen MR) is 121 cm³/mol. The highest BCUT2D eigenvalue weighted by Gasteiger charge is 2.11. The number of hydrogen-bond acceptors (Lipinski definition) is 7. The average molecular weight is 439 g/mol. The first kappa shape index (κ1) is 19.9. The van der Waals surface area contributed by atoms with Gasteiger partial charge in [0.2, 0.25) is 0 Å². The predicted octanol–water partition coefficient (Wildman–Crippen LogP) is 5.97. The zero-order chi connectivity index (χ0) is 20.1. The number of benzene rings is 3. The van der Waals surface area contributed by atoms with Crippen molar-refractivity contribution in [3.63, 3.8) is 0 Å². The molecule has 0 aliphatic carbocycles. The molecule has 0 aliphatic heterocycles. The number of carbonyl (C=O) groups excluding carboxylic acids is 1. The maximum absolute atomic E-state index is 12.3. The maximum atomic E-state index is 12.3. The van der Waals surface area contributed by atoms with Crippen molar-refractivity contribution < 1.29 is 9.53 Å². The molecule has 0 amide bonds. The first-order chi connectivity index (χ1) is 14.2. The number of hydrogen-bond donors (Lipinski definition) is 0. The molecule has 146 valence electrons. The Labute approximate surface area is 181 Å². The van der Waals surface area contributed by atoms with E-state index in [0.29, 0.717) is 11.3 Å². The molecule has 1 aromatic heterocycles. The van der Waals surface area contributed by atoms with E-state index in [4.69, 9.17) is 4.74 Å². The quantitative estimate of drug-likeness (QED) is 0.250. The third kappa shape index (κ3) is 4.98. The van der Waals surface area contributed by atoms with Crippen molar-refractivity contribution >= 4 is 51.4 Å². The van der Waals surface area contributed by atoms with Gasteiger partial charge in [-0.3, -0.25) is 4.79 Å². The van der Waals surface area contributed by atoms with Crippen molar-refractivity contribution in [2.45, 2.75) is 14.4 Å². The van der Waals surface area contributed by atoms with E-state index in [1.165, 1.54) is 39.4 Å². The summed E-state index contributed by atoms with van der Waals surface area (Å²) in [7, 11) is 1.61. The molecule has 0 fully saturated rings. The summed E-state index contributed by atoms with van der Waals surface area (Å²) in [5.41, 5.74) is 1.96. The van der Waals surface area contributed by atoms with Crippen molar-refractivity contribution in [3.05, 3.63) is 77.9 Å². The molecule has 1 heterocycles. The number of methoxy groups -OCH3 is 1. The summed E-state index contributed by atoms with van der Waals surface area (Å²) < 4.78 is 6.85. The summed E-state index contributed by atoms with van der Waals surface area (Å²) in [5, 5.41) is 11.0. The smallest absolute Gasteiger partial charge is 0.175 e. The van der Waals surface area contributed by atoms with E-state index in [1.54, 1.807) is 43.1 Å². The van der Waals surface area contributed by atoms with E-state index in [0.717, 1.165) is 20.2 Å². The molecule has 0 saturated carbocycles. The minimum absolute atomic E-state index is 0.0674. The van der Waals surface area contributed by atoms with Gasteiger partial charge in [-0.1, -0.05) is 77.3 Å². The molecule has 0 atom stereocenters. The molecule has 0 aliphatic rings. The third-order valence-electron chi connectivity index (χ3n) is 4.36. The molecule has 0 unspecified atom stereocenters. The minimum atomic E-state index is 0.0674. The Bertz CT molecular complexity index is 1120. The number of rotatable bonds is 8. The number of nitrogens with zero attached hydrogens (tertiary/aromatic N) is 2. The number of ether oxygens (including phenoxy) is 1. The van der Waals surface area contributed by atoms with Crippen LogP contribution in [0.15, 0.2) is 75.4 Å². The van der Waals surface area contributed by atoms with Crippen LogP contribution in [0.4, 0.5) is 0 Å². The van der Waals surface area contributed by atoms with E-state index >= 15 is 0 Å². The lowest BCUT2D eigenvalue weighted by Crippen LogP contribution is -2.02. The zero-order valence-electron chi connectivity index (χ0n) is 15.7. The van der Waals surface area contributed by atoms with Crippen LogP contribution in [0.5, 0.6) is 5.75 Å². The van der Waals surface area contributed by atoms with Crippen LogP contribution in [0.2, 0.25) is 0 Å². The van der Waals surface area contributed by atoms with Crippen LogP contribution in [-0.2, 0) is 5.75 Å². The van der Waals surface area contributed by atoms with Crippen LogP contribution in [0.1, 0.15) is 15.9 Å². The maximum Gasteiger partial charge on any atom is 0.175 e. The van der Waals surface area contributed by atoms with Crippen LogP contribution in [0.25, 0.3) is 10.8 Å². The van der Waals surface area contributed by atoms with Gasteiger partial charge in [0.1, 0.15) is 5.75 Å².